The van der Waals surface area contributed by atoms with Gasteiger partial charge < -0.3 is 20.1 Å². The number of hydrogen-bond donors (Lipinski definition) is 2. The minimum atomic E-state index is -1.39. The zero-order chi connectivity index (χ0) is 34.8. The molecule has 48 heavy (non-hydrogen) atoms. The van der Waals surface area contributed by atoms with Gasteiger partial charge >= 0.3 is 0 Å². The molecule has 2 atom stereocenters. The summed E-state index contributed by atoms with van der Waals surface area (Å²) >= 11 is 12.9. The quantitative estimate of drug-likeness (QED) is 0.107. The molecule has 2 amide bonds. The van der Waals surface area contributed by atoms with Crippen LogP contribution in [0, 0.1) is 0 Å². The second-order valence-electron chi connectivity index (χ2n) is 10.2. The number of anilines is 2. The smallest absolute Gasteiger partial charge is 0.258 e. The summed E-state index contributed by atoms with van der Waals surface area (Å²) in [7, 11) is 3.06. The Bertz CT molecular complexity index is 1740. The third-order valence-electron chi connectivity index (χ3n) is 6.77. The average molecular weight is 690 g/mol. The molecule has 0 fully saturated rings. The van der Waals surface area contributed by atoms with Gasteiger partial charge in [-0.1, -0.05) is 35.3 Å². The molecule has 12 nitrogen and oxygen atoms in total. The van der Waals surface area contributed by atoms with Crippen LogP contribution >= 0.6 is 23.2 Å². The molecule has 0 spiro atoms. The standard InChI is InChI=1S/C34H30Cl2N6O6/c1-19(43)31(33(45)37-23-7-11-25(47-3)12-8-23)41-39-29-15-5-21(17-27(29)35)22-6-16-30(28(36)18-22)40-42-32(20(2)44)34(46)38-24-9-13-26(48-4)14-10-24/h5-18,31-32H,1-4H3,(H,37,45)(H,38,46)/t31-,32+. The Balaban J connectivity index is 1.45. The number of nitrogens with one attached hydrogen (secondary N) is 2. The number of hydrogen-bond acceptors (Lipinski definition) is 10. The second kappa shape index (κ2) is 16.4. The average Bonchev–Trinajstić information content (AvgIpc) is 3.06. The van der Waals surface area contributed by atoms with Crippen molar-refractivity contribution in [3.05, 3.63) is 95.0 Å². The van der Waals surface area contributed by atoms with E-state index in [1.807, 2.05) is 0 Å². The fourth-order valence-electron chi connectivity index (χ4n) is 4.18. The number of carbonyl (C=O) groups is 4. The first-order valence-corrected chi connectivity index (χ1v) is 15.1. The van der Waals surface area contributed by atoms with Gasteiger partial charge in [-0.05, 0) is 97.8 Å². The third kappa shape index (κ3) is 9.30. The number of halogens is 2. The maximum Gasteiger partial charge on any atom is 0.258 e. The monoisotopic (exact) mass is 688 g/mol. The number of rotatable bonds is 13. The molecule has 0 aromatic heterocycles. The first-order valence-electron chi connectivity index (χ1n) is 14.3. The summed E-state index contributed by atoms with van der Waals surface area (Å²) in [6, 6.07) is 20.3. The summed E-state index contributed by atoms with van der Waals surface area (Å²) in [5.74, 6) is -1.08. The molecule has 0 aliphatic carbocycles. The first-order chi connectivity index (χ1) is 23.0. The van der Waals surface area contributed by atoms with Crippen LogP contribution in [-0.2, 0) is 19.2 Å². The van der Waals surface area contributed by atoms with Crippen molar-refractivity contribution in [3.63, 3.8) is 0 Å². The molecular formula is C34H30Cl2N6O6. The maximum atomic E-state index is 12.7. The molecule has 0 radical (unpaired) electrons. The van der Waals surface area contributed by atoms with Gasteiger partial charge in [0.1, 0.15) is 22.9 Å². The summed E-state index contributed by atoms with van der Waals surface area (Å²) in [6.07, 6.45) is 0. The molecule has 0 saturated heterocycles. The molecule has 4 rings (SSSR count). The molecule has 0 aliphatic rings. The zero-order valence-corrected chi connectivity index (χ0v) is 27.7. The molecule has 0 aliphatic heterocycles. The maximum absolute atomic E-state index is 12.7. The van der Waals surface area contributed by atoms with Gasteiger partial charge in [0.2, 0.25) is 12.1 Å². The van der Waals surface area contributed by atoms with Gasteiger partial charge in [0.25, 0.3) is 11.8 Å². The van der Waals surface area contributed by atoms with Crippen molar-refractivity contribution >= 4 is 69.3 Å². The van der Waals surface area contributed by atoms with Crippen LogP contribution in [0.3, 0.4) is 0 Å². The third-order valence-corrected chi connectivity index (χ3v) is 7.38. The van der Waals surface area contributed by atoms with Crippen molar-refractivity contribution in [3.8, 4) is 22.6 Å². The number of Topliss-reactive ketones (excluding diaryl/α,β-unsaturated/α-hetero) is 2. The fraction of sp³-hybridized carbons (Fsp3) is 0.176. The topological polar surface area (TPSA) is 160 Å². The van der Waals surface area contributed by atoms with Crippen molar-refractivity contribution in [1.29, 1.82) is 0 Å². The van der Waals surface area contributed by atoms with Crippen LogP contribution in [0.1, 0.15) is 13.8 Å². The van der Waals surface area contributed by atoms with Gasteiger partial charge in [-0.3, -0.25) is 19.2 Å². The Morgan fingerprint density at radius 2 is 0.938 bits per heavy atom. The molecule has 0 saturated carbocycles. The van der Waals surface area contributed by atoms with E-state index in [2.05, 4.69) is 31.1 Å². The van der Waals surface area contributed by atoms with Crippen LogP contribution in [0.25, 0.3) is 11.1 Å². The summed E-state index contributed by atoms with van der Waals surface area (Å²) in [6.45, 7) is 2.49. The Labute approximate surface area is 286 Å². The van der Waals surface area contributed by atoms with Crippen molar-refractivity contribution in [2.45, 2.75) is 25.9 Å². The normalized spacial score (nSPS) is 12.4. The largest absolute Gasteiger partial charge is 0.497 e. The zero-order valence-electron chi connectivity index (χ0n) is 26.2. The SMILES string of the molecule is COc1ccc(NC(=O)[C@H](N=Nc2ccc(-c3ccc(N=N[C@@H](C(C)=O)C(=O)Nc4ccc(OC)cc4)c(Cl)c3)cc2Cl)C(C)=O)cc1. The lowest BCUT2D eigenvalue weighted by atomic mass is 10.0. The molecule has 4 aromatic rings. The molecule has 0 unspecified atom stereocenters. The highest BCUT2D eigenvalue weighted by Gasteiger charge is 2.24. The lowest BCUT2D eigenvalue weighted by Gasteiger charge is -2.11. The summed E-state index contributed by atoms with van der Waals surface area (Å²) in [5, 5.41) is 21.7. The van der Waals surface area contributed by atoms with Gasteiger partial charge in [-0.15, -0.1) is 0 Å². The molecule has 0 bridgehead atoms. The highest BCUT2D eigenvalue weighted by Crippen LogP contribution is 2.35. The van der Waals surface area contributed by atoms with Crippen LogP contribution in [0.15, 0.2) is 105 Å². The van der Waals surface area contributed by atoms with Crippen molar-refractivity contribution < 1.29 is 28.7 Å². The highest BCUT2D eigenvalue weighted by atomic mass is 35.5. The van der Waals surface area contributed by atoms with Crippen molar-refractivity contribution in [2.75, 3.05) is 24.9 Å². The fourth-order valence-corrected chi connectivity index (χ4v) is 4.62. The number of nitrogens with zero attached hydrogens (tertiary/aromatic N) is 4. The second-order valence-corrected chi connectivity index (χ2v) is 11.0. The summed E-state index contributed by atoms with van der Waals surface area (Å²) in [5.41, 5.74) is 2.75. The van der Waals surface area contributed by atoms with Gasteiger partial charge in [0.15, 0.2) is 11.6 Å². The van der Waals surface area contributed by atoms with Gasteiger partial charge in [-0.25, -0.2) is 0 Å². The Hall–Kier alpha value is -5.46. The van der Waals surface area contributed by atoms with Crippen LogP contribution < -0.4 is 20.1 Å². The van der Waals surface area contributed by atoms with Crippen LogP contribution in [-0.4, -0.2) is 49.7 Å². The minimum Gasteiger partial charge on any atom is -0.497 e. The van der Waals surface area contributed by atoms with E-state index in [9.17, 15) is 19.2 Å². The number of carbonyl (C=O) groups excluding carboxylic acids is 4. The lowest BCUT2D eigenvalue weighted by Crippen LogP contribution is -2.31. The number of methoxy groups -OCH3 is 2. The predicted octanol–water partition coefficient (Wildman–Crippen LogP) is 8.04. The Morgan fingerprint density at radius 3 is 1.23 bits per heavy atom. The van der Waals surface area contributed by atoms with E-state index in [4.69, 9.17) is 32.7 Å². The van der Waals surface area contributed by atoms with Crippen molar-refractivity contribution in [1.82, 2.24) is 0 Å². The van der Waals surface area contributed by atoms with Crippen molar-refractivity contribution in [2.24, 2.45) is 20.5 Å². The molecule has 14 heteroatoms. The predicted molar refractivity (Wildman–Crippen MR) is 183 cm³/mol. The van der Waals surface area contributed by atoms with Crippen LogP contribution in [0.5, 0.6) is 11.5 Å². The number of benzene rings is 4. The number of amides is 2. The van der Waals surface area contributed by atoms with Crippen LogP contribution in [0.2, 0.25) is 10.0 Å². The lowest BCUT2D eigenvalue weighted by molar-refractivity contribution is -0.127. The van der Waals surface area contributed by atoms with Gasteiger partial charge in [0.05, 0.1) is 24.3 Å². The molecular weight excluding hydrogens is 659 g/mol. The number of ether oxygens (including phenoxy) is 2. The number of azo groups is 2. The molecule has 4 aromatic carbocycles. The summed E-state index contributed by atoms with van der Waals surface area (Å²) in [4.78, 5) is 49.9. The molecule has 0 heterocycles. The Morgan fingerprint density at radius 1 is 0.583 bits per heavy atom. The van der Waals surface area contributed by atoms with E-state index < -0.39 is 35.5 Å². The van der Waals surface area contributed by atoms with E-state index >= 15 is 0 Å². The molecule has 2 N–H and O–H groups in total. The van der Waals surface area contributed by atoms with E-state index in [0.29, 0.717) is 34.0 Å². The highest BCUT2D eigenvalue weighted by molar-refractivity contribution is 6.34. The van der Waals surface area contributed by atoms with Crippen LogP contribution in [0.4, 0.5) is 22.7 Å². The minimum absolute atomic E-state index is 0.209. The van der Waals surface area contributed by atoms with Gasteiger partial charge in [0, 0.05) is 11.4 Å². The van der Waals surface area contributed by atoms with E-state index in [1.54, 1.807) is 84.9 Å². The summed E-state index contributed by atoms with van der Waals surface area (Å²) < 4.78 is 10.2. The van der Waals surface area contributed by atoms with E-state index in [0.717, 1.165) is 0 Å². The number of ketones is 2. The van der Waals surface area contributed by atoms with E-state index in [-0.39, 0.29) is 21.4 Å². The first kappa shape index (κ1) is 35.4. The molecule has 246 valence electrons. The van der Waals surface area contributed by atoms with E-state index in [1.165, 1.54) is 28.1 Å². The van der Waals surface area contributed by atoms with Gasteiger partial charge in [-0.2, -0.15) is 20.5 Å². The Kier molecular flexibility index (Phi) is 12.1.